The molecule has 168 valence electrons. The summed E-state index contributed by atoms with van der Waals surface area (Å²) in [6.07, 6.45) is 10.5. The minimum atomic E-state index is -0.102. The zero-order chi connectivity index (χ0) is 22.3. The third kappa shape index (κ3) is 5.99. The van der Waals surface area contributed by atoms with E-state index in [9.17, 15) is 4.79 Å². The number of thiazole rings is 1. The van der Waals surface area contributed by atoms with Crippen molar-refractivity contribution in [3.05, 3.63) is 64.4 Å². The van der Waals surface area contributed by atoms with Crippen molar-refractivity contribution >= 4 is 45.7 Å². The van der Waals surface area contributed by atoms with Crippen molar-refractivity contribution in [2.45, 2.75) is 56.1 Å². The van der Waals surface area contributed by atoms with Gasteiger partial charge in [0.25, 0.3) is 0 Å². The van der Waals surface area contributed by atoms with Gasteiger partial charge in [-0.1, -0.05) is 60.8 Å². The molecule has 1 aliphatic carbocycles. The summed E-state index contributed by atoms with van der Waals surface area (Å²) in [5.74, 6) is 1.63. The fourth-order valence-electron chi connectivity index (χ4n) is 3.91. The Hall–Kier alpha value is -2.16. The van der Waals surface area contributed by atoms with Crippen molar-refractivity contribution in [1.29, 1.82) is 0 Å². The molecule has 0 radical (unpaired) electrons. The molecule has 4 rings (SSSR count). The predicted octanol–water partition coefficient (Wildman–Crippen LogP) is 5.94. The van der Waals surface area contributed by atoms with Crippen LogP contribution in [0.15, 0.2) is 48.3 Å². The number of allylic oxidation sites excluding steroid dienone is 1. The molecule has 9 heteroatoms. The number of nitrogens with one attached hydrogen (secondary N) is 1. The minimum absolute atomic E-state index is 0.102. The van der Waals surface area contributed by atoms with Crippen LogP contribution in [-0.2, 0) is 17.8 Å². The lowest BCUT2D eigenvalue weighted by Gasteiger charge is -2.21. The Morgan fingerprint density at radius 3 is 2.78 bits per heavy atom. The van der Waals surface area contributed by atoms with E-state index in [-0.39, 0.29) is 11.7 Å². The van der Waals surface area contributed by atoms with Crippen molar-refractivity contribution in [2.75, 3.05) is 11.1 Å². The smallest absolute Gasteiger partial charge is 0.236 e. The Balaban J connectivity index is 1.33. The molecule has 2 heterocycles. The largest absolute Gasteiger partial charge is 0.302 e. The Kier molecular flexibility index (Phi) is 8.00. The van der Waals surface area contributed by atoms with Crippen LogP contribution < -0.4 is 5.32 Å². The van der Waals surface area contributed by atoms with Crippen molar-refractivity contribution in [3.63, 3.8) is 0 Å². The van der Waals surface area contributed by atoms with Gasteiger partial charge in [-0.25, -0.2) is 4.98 Å². The van der Waals surface area contributed by atoms with Gasteiger partial charge in [0.15, 0.2) is 10.3 Å². The molecule has 1 fully saturated rings. The van der Waals surface area contributed by atoms with Gasteiger partial charge in [0.05, 0.1) is 5.75 Å². The molecule has 32 heavy (non-hydrogen) atoms. The Labute approximate surface area is 201 Å². The first-order valence-electron chi connectivity index (χ1n) is 10.8. The molecule has 2 aromatic heterocycles. The van der Waals surface area contributed by atoms with Gasteiger partial charge in [0.1, 0.15) is 5.82 Å². The highest BCUT2D eigenvalue weighted by molar-refractivity contribution is 7.99. The van der Waals surface area contributed by atoms with Crippen molar-refractivity contribution in [1.82, 2.24) is 19.7 Å². The van der Waals surface area contributed by atoms with Gasteiger partial charge < -0.3 is 9.88 Å². The standard InChI is InChI=1S/C23H26ClN5OS2/c1-2-12-29-21(17-6-4-3-5-7-17)27-28-23(29)31-15-20(30)26-22-25-14-19(32-22)13-16-8-10-18(24)11-9-16/h2,8-11,14,17H,1,3-7,12-13,15H2,(H,25,26,30). The molecule has 0 aliphatic heterocycles. The van der Waals surface area contributed by atoms with Crippen LogP contribution in [0.1, 0.15) is 54.3 Å². The second-order valence-electron chi connectivity index (χ2n) is 7.85. The molecular formula is C23H26ClN5OS2. The Morgan fingerprint density at radius 1 is 1.25 bits per heavy atom. The highest BCUT2D eigenvalue weighted by Crippen LogP contribution is 2.33. The molecule has 0 saturated heterocycles. The number of rotatable bonds is 9. The van der Waals surface area contributed by atoms with Crippen LogP contribution in [-0.4, -0.2) is 31.4 Å². The maximum absolute atomic E-state index is 12.5. The number of hydrogen-bond acceptors (Lipinski definition) is 6. The lowest BCUT2D eigenvalue weighted by atomic mass is 9.89. The summed E-state index contributed by atoms with van der Waals surface area (Å²) < 4.78 is 2.11. The predicted molar refractivity (Wildman–Crippen MR) is 132 cm³/mol. The lowest BCUT2D eigenvalue weighted by Crippen LogP contribution is -2.15. The van der Waals surface area contributed by atoms with Gasteiger partial charge in [0.2, 0.25) is 5.91 Å². The number of nitrogens with zero attached hydrogens (tertiary/aromatic N) is 4. The number of anilines is 1. The lowest BCUT2D eigenvalue weighted by molar-refractivity contribution is -0.113. The Bertz CT molecular complexity index is 1060. The second-order valence-corrected chi connectivity index (χ2v) is 10.3. The van der Waals surface area contributed by atoms with E-state index in [0.717, 1.165) is 45.7 Å². The quantitative estimate of drug-likeness (QED) is 0.298. The molecule has 1 saturated carbocycles. The fraction of sp³-hybridized carbons (Fsp3) is 0.391. The molecule has 1 aliphatic rings. The number of thioether (sulfide) groups is 1. The maximum atomic E-state index is 12.5. The van der Waals surface area contributed by atoms with Gasteiger partial charge in [-0.2, -0.15) is 0 Å². The number of carbonyl (C=O) groups excluding carboxylic acids is 1. The second kappa shape index (κ2) is 11.1. The summed E-state index contributed by atoms with van der Waals surface area (Å²) in [5, 5.41) is 13.8. The monoisotopic (exact) mass is 487 g/mol. The van der Waals surface area contributed by atoms with Gasteiger partial charge in [-0.3, -0.25) is 4.79 Å². The van der Waals surface area contributed by atoms with Crippen LogP contribution in [0.2, 0.25) is 5.02 Å². The van der Waals surface area contributed by atoms with Crippen LogP contribution in [0.5, 0.6) is 0 Å². The van der Waals surface area contributed by atoms with Crippen LogP contribution in [0.3, 0.4) is 0 Å². The van der Waals surface area contributed by atoms with E-state index in [4.69, 9.17) is 11.6 Å². The third-order valence-corrected chi connectivity index (χ3v) is 7.58. The van der Waals surface area contributed by atoms with E-state index >= 15 is 0 Å². The topological polar surface area (TPSA) is 72.7 Å². The summed E-state index contributed by atoms with van der Waals surface area (Å²) in [5.41, 5.74) is 1.15. The molecule has 0 bridgehead atoms. The highest BCUT2D eigenvalue weighted by atomic mass is 35.5. The molecule has 3 aromatic rings. The number of benzene rings is 1. The normalized spacial score (nSPS) is 14.4. The van der Waals surface area contributed by atoms with E-state index in [1.807, 2.05) is 30.3 Å². The van der Waals surface area contributed by atoms with Gasteiger partial charge >= 0.3 is 0 Å². The third-order valence-electron chi connectivity index (χ3n) is 5.45. The molecular weight excluding hydrogens is 462 g/mol. The fourth-order valence-corrected chi connectivity index (χ4v) is 5.65. The van der Waals surface area contributed by atoms with Crippen molar-refractivity contribution in [3.8, 4) is 0 Å². The molecule has 1 aromatic carbocycles. The summed E-state index contributed by atoms with van der Waals surface area (Å²) in [7, 11) is 0. The van der Waals surface area contributed by atoms with Crippen LogP contribution in [0, 0.1) is 0 Å². The molecule has 0 atom stereocenters. The van der Waals surface area contributed by atoms with Gasteiger partial charge in [-0.15, -0.1) is 28.1 Å². The van der Waals surface area contributed by atoms with E-state index in [1.54, 1.807) is 6.20 Å². The number of halogens is 1. The first-order valence-corrected chi connectivity index (χ1v) is 13.0. The van der Waals surface area contributed by atoms with Crippen molar-refractivity contribution < 1.29 is 4.79 Å². The molecule has 6 nitrogen and oxygen atoms in total. The Morgan fingerprint density at radius 2 is 2.03 bits per heavy atom. The number of amides is 1. The van der Waals surface area contributed by atoms with E-state index in [1.165, 1.54) is 42.4 Å². The van der Waals surface area contributed by atoms with Crippen LogP contribution in [0.4, 0.5) is 5.13 Å². The molecule has 0 spiro atoms. The number of aromatic nitrogens is 4. The maximum Gasteiger partial charge on any atom is 0.236 e. The van der Waals surface area contributed by atoms with E-state index in [2.05, 4.69) is 31.6 Å². The SMILES string of the molecule is C=CCn1c(SCC(=O)Nc2ncc(Cc3ccc(Cl)cc3)s2)nnc1C1CCCCC1. The number of carbonyl (C=O) groups is 1. The first-order chi connectivity index (χ1) is 15.6. The average molecular weight is 488 g/mol. The summed E-state index contributed by atoms with van der Waals surface area (Å²) >= 11 is 8.83. The summed E-state index contributed by atoms with van der Waals surface area (Å²) in [4.78, 5) is 17.9. The molecule has 0 unspecified atom stereocenters. The highest BCUT2D eigenvalue weighted by Gasteiger charge is 2.23. The van der Waals surface area contributed by atoms with Gasteiger partial charge in [0, 0.05) is 35.0 Å². The summed E-state index contributed by atoms with van der Waals surface area (Å²) in [6, 6.07) is 7.75. The molecule has 1 N–H and O–H groups in total. The first kappa shape index (κ1) is 23.0. The zero-order valence-electron chi connectivity index (χ0n) is 17.8. The van der Waals surface area contributed by atoms with Gasteiger partial charge in [-0.05, 0) is 30.5 Å². The van der Waals surface area contributed by atoms with Crippen LogP contribution >= 0.6 is 34.7 Å². The minimum Gasteiger partial charge on any atom is -0.302 e. The van der Waals surface area contributed by atoms with Crippen LogP contribution in [0.25, 0.3) is 0 Å². The van der Waals surface area contributed by atoms with E-state index < -0.39 is 0 Å². The average Bonchev–Trinajstić information content (AvgIpc) is 3.41. The zero-order valence-corrected chi connectivity index (χ0v) is 20.2. The number of hydrogen-bond donors (Lipinski definition) is 1. The van der Waals surface area contributed by atoms with Crippen molar-refractivity contribution in [2.24, 2.45) is 0 Å². The van der Waals surface area contributed by atoms with E-state index in [0.29, 0.717) is 17.6 Å². The summed E-state index contributed by atoms with van der Waals surface area (Å²) in [6.45, 7) is 4.53. The molecule has 1 amide bonds.